The summed E-state index contributed by atoms with van der Waals surface area (Å²) in [4.78, 5) is 2.53. The van der Waals surface area contributed by atoms with Crippen LogP contribution in [0.2, 0.25) is 0 Å². The molecule has 3 heteroatoms. The van der Waals surface area contributed by atoms with Gasteiger partial charge < -0.3 is 10.2 Å². The molecular formula is C14H27NO2. The first-order valence-electron chi connectivity index (χ1n) is 7.00. The van der Waals surface area contributed by atoms with Crippen LogP contribution >= 0.6 is 0 Å². The zero-order valence-electron chi connectivity index (χ0n) is 11.4. The van der Waals surface area contributed by atoms with Crippen molar-refractivity contribution in [2.45, 2.75) is 77.2 Å². The van der Waals surface area contributed by atoms with Gasteiger partial charge in [0.05, 0.1) is 12.2 Å². The molecule has 0 spiro atoms. The molecule has 0 aromatic rings. The van der Waals surface area contributed by atoms with E-state index in [2.05, 4.69) is 25.7 Å². The lowest BCUT2D eigenvalue weighted by Gasteiger charge is -2.38. The van der Waals surface area contributed by atoms with Crippen molar-refractivity contribution in [2.75, 3.05) is 6.54 Å². The Morgan fingerprint density at radius 2 is 1.71 bits per heavy atom. The Kier molecular flexibility index (Phi) is 3.81. The van der Waals surface area contributed by atoms with Gasteiger partial charge in [-0.25, -0.2) is 0 Å². The third-order valence-corrected chi connectivity index (χ3v) is 4.52. The fourth-order valence-electron chi connectivity index (χ4n) is 3.31. The molecule has 3 atom stereocenters. The molecule has 3 nitrogen and oxygen atoms in total. The van der Waals surface area contributed by atoms with Crippen LogP contribution in [0.1, 0.15) is 52.9 Å². The van der Waals surface area contributed by atoms with Crippen molar-refractivity contribution in [3.05, 3.63) is 0 Å². The van der Waals surface area contributed by atoms with Gasteiger partial charge >= 0.3 is 0 Å². The summed E-state index contributed by atoms with van der Waals surface area (Å²) < 4.78 is 0. The van der Waals surface area contributed by atoms with Crippen LogP contribution in [0.15, 0.2) is 0 Å². The second-order valence-corrected chi connectivity index (χ2v) is 6.92. The highest BCUT2D eigenvalue weighted by Gasteiger charge is 2.40. The molecule has 2 aliphatic heterocycles. The van der Waals surface area contributed by atoms with Crippen LogP contribution < -0.4 is 0 Å². The number of piperidine rings is 1. The first-order valence-corrected chi connectivity index (χ1v) is 7.00. The van der Waals surface area contributed by atoms with Crippen molar-refractivity contribution in [1.82, 2.24) is 4.90 Å². The molecule has 2 heterocycles. The maximum absolute atomic E-state index is 10.1. The highest BCUT2D eigenvalue weighted by Crippen LogP contribution is 2.36. The highest BCUT2D eigenvalue weighted by atomic mass is 16.3. The SMILES string of the molecule is CC(C)(C)C(O)CCN1C2CCC1CC(O)C2. The van der Waals surface area contributed by atoms with Gasteiger partial charge in [-0.15, -0.1) is 0 Å². The average molecular weight is 241 g/mol. The van der Waals surface area contributed by atoms with Crippen LogP contribution in [-0.2, 0) is 0 Å². The molecular weight excluding hydrogens is 214 g/mol. The summed E-state index contributed by atoms with van der Waals surface area (Å²) in [5.74, 6) is 0. The molecule has 2 saturated heterocycles. The Bertz CT molecular complexity index is 247. The van der Waals surface area contributed by atoms with E-state index in [1.165, 1.54) is 12.8 Å². The van der Waals surface area contributed by atoms with E-state index in [1.54, 1.807) is 0 Å². The predicted octanol–water partition coefficient (Wildman–Crippen LogP) is 1.77. The second-order valence-electron chi connectivity index (χ2n) is 6.92. The van der Waals surface area contributed by atoms with Crippen LogP contribution in [0.3, 0.4) is 0 Å². The van der Waals surface area contributed by atoms with Gasteiger partial charge in [-0.1, -0.05) is 20.8 Å². The van der Waals surface area contributed by atoms with E-state index in [0.717, 1.165) is 25.8 Å². The summed E-state index contributed by atoms with van der Waals surface area (Å²) in [7, 11) is 0. The van der Waals surface area contributed by atoms with E-state index in [-0.39, 0.29) is 17.6 Å². The van der Waals surface area contributed by atoms with Gasteiger partial charge in [0, 0.05) is 18.6 Å². The number of fused-ring (bicyclic) bond motifs is 2. The minimum Gasteiger partial charge on any atom is -0.393 e. The lowest BCUT2D eigenvalue weighted by Crippen LogP contribution is -2.46. The zero-order valence-corrected chi connectivity index (χ0v) is 11.4. The van der Waals surface area contributed by atoms with Crippen LogP contribution in [-0.4, -0.2) is 45.9 Å². The highest BCUT2D eigenvalue weighted by molar-refractivity contribution is 4.95. The van der Waals surface area contributed by atoms with Crippen LogP contribution in [0.25, 0.3) is 0 Å². The lowest BCUT2D eigenvalue weighted by molar-refractivity contribution is 0.00852. The number of nitrogens with zero attached hydrogens (tertiary/aromatic N) is 1. The third-order valence-electron chi connectivity index (χ3n) is 4.52. The average Bonchev–Trinajstić information content (AvgIpc) is 2.44. The van der Waals surface area contributed by atoms with E-state index in [4.69, 9.17) is 0 Å². The maximum atomic E-state index is 10.1. The normalized spacial score (nSPS) is 36.2. The number of rotatable bonds is 3. The Labute approximate surface area is 105 Å². The molecule has 2 bridgehead atoms. The molecule has 2 fully saturated rings. The van der Waals surface area contributed by atoms with Crippen LogP contribution in [0.5, 0.6) is 0 Å². The standard InChI is InChI=1S/C14H27NO2/c1-14(2,3)13(17)6-7-15-10-4-5-11(15)9-12(16)8-10/h10-13,16-17H,4-9H2,1-3H3. The van der Waals surface area contributed by atoms with E-state index >= 15 is 0 Å². The first-order chi connectivity index (χ1) is 7.88. The molecule has 0 aliphatic carbocycles. The molecule has 0 aromatic carbocycles. The molecule has 0 aromatic heterocycles. The molecule has 2 rings (SSSR count). The number of aliphatic hydroxyl groups excluding tert-OH is 2. The van der Waals surface area contributed by atoms with E-state index in [0.29, 0.717) is 12.1 Å². The second kappa shape index (κ2) is 4.87. The Hall–Kier alpha value is -0.120. The monoisotopic (exact) mass is 241 g/mol. The van der Waals surface area contributed by atoms with Crippen LogP contribution in [0, 0.1) is 5.41 Å². The summed E-state index contributed by atoms with van der Waals surface area (Å²) in [6, 6.07) is 1.13. The van der Waals surface area contributed by atoms with Crippen molar-refractivity contribution in [3.63, 3.8) is 0 Å². The minimum absolute atomic E-state index is 0.0195. The number of hydrogen-bond donors (Lipinski definition) is 2. The van der Waals surface area contributed by atoms with Crippen LogP contribution in [0.4, 0.5) is 0 Å². The first kappa shape index (κ1) is 13.3. The summed E-state index contributed by atoms with van der Waals surface area (Å²) in [5, 5.41) is 19.8. The van der Waals surface area contributed by atoms with Gasteiger partial charge in [0.25, 0.3) is 0 Å². The van der Waals surface area contributed by atoms with Crippen molar-refractivity contribution in [3.8, 4) is 0 Å². The van der Waals surface area contributed by atoms with Crippen molar-refractivity contribution in [2.24, 2.45) is 5.41 Å². The quantitative estimate of drug-likeness (QED) is 0.791. The third kappa shape index (κ3) is 3.01. The number of aliphatic hydroxyl groups is 2. The van der Waals surface area contributed by atoms with Gasteiger partial charge in [-0.3, -0.25) is 4.90 Å². The van der Waals surface area contributed by atoms with E-state index in [1.807, 2.05) is 0 Å². The fourth-order valence-corrected chi connectivity index (χ4v) is 3.31. The summed E-state index contributed by atoms with van der Waals surface area (Å²) in [6.45, 7) is 7.26. The van der Waals surface area contributed by atoms with Gasteiger partial charge in [0.15, 0.2) is 0 Å². The maximum Gasteiger partial charge on any atom is 0.0600 e. The Morgan fingerprint density at radius 3 is 2.18 bits per heavy atom. The summed E-state index contributed by atoms with van der Waals surface area (Å²) in [6.07, 6.45) is 4.86. The van der Waals surface area contributed by atoms with Crippen molar-refractivity contribution < 1.29 is 10.2 Å². The zero-order chi connectivity index (χ0) is 12.6. The molecule has 0 saturated carbocycles. The molecule has 2 N–H and O–H groups in total. The Morgan fingerprint density at radius 1 is 1.18 bits per heavy atom. The summed E-state index contributed by atoms with van der Waals surface area (Å²) >= 11 is 0. The molecule has 100 valence electrons. The molecule has 2 aliphatic rings. The molecule has 3 unspecified atom stereocenters. The van der Waals surface area contributed by atoms with E-state index in [9.17, 15) is 10.2 Å². The largest absolute Gasteiger partial charge is 0.393 e. The smallest absolute Gasteiger partial charge is 0.0600 e. The fraction of sp³-hybridized carbons (Fsp3) is 1.00. The van der Waals surface area contributed by atoms with Gasteiger partial charge in [0.2, 0.25) is 0 Å². The number of hydrogen-bond acceptors (Lipinski definition) is 3. The molecule has 0 radical (unpaired) electrons. The van der Waals surface area contributed by atoms with Crippen molar-refractivity contribution in [1.29, 1.82) is 0 Å². The summed E-state index contributed by atoms with van der Waals surface area (Å²) in [5.41, 5.74) is -0.0195. The molecule has 17 heavy (non-hydrogen) atoms. The Balaban J connectivity index is 1.85. The van der Waals surface area contributed by atoms with Gasteiger partial charge in [-0.05, 0) is 37.5 Å². The van der Waals surface area contributed by atoms with Gasteiger partial charge in [0.1, 0.15) is 0 Å². The van der Waals surface area contributed by atoms with Gasteiger partial charge in [-0.2, -0.15) is 0 Å². The van der Waals surface area contributed by atoms with Crippen molar-refractivity contribution >= 4 is 0 Å². The topological polar surface area (TPSA) is 43.7 Å². The minimum atomic E-state index is -0.228. The predicted molar refractivity (Wildman–Crippen MR) is 68.8 cm³/mol. The lowest BCUT2D eigenvalue weighted by atomic mass is 9.87. The molecule has 0 amide bonds. The van der Waals surface area contributed by atoms with E-state index < -0.39 is 0 Å².